The van der Waals surface area contributed by atoms with E-state index in [1.165, 1.54) is 38.5 Å². The average Bonchev–Trinajstić information content (AvgIpc) is 3.25. The van der Waals surface area contributed by atoms with E-state index in [1.54, 1.807) is 0 Å². The van der Waals surface area contributed by atoms with Gasteiger partial charge in [-0.1, -0.05) is 43.2 Å². The molecule has 0 unspecified atom stereocenters. The number of hydrogen-bond acceptors (Lipinski definition) is 3. The van der Waals surface area contributed by atoms with Crippen LogP contribution in [0, 0.1) is 0 Å². The summed E-state index contributed by atoms with van der Waals surface area (Å²) in [6.07, 6.45) is 6.79. The Balaban J connectivity index is 1.54. The van der Waals surface area contributed by atoms with E-state index in [2.05, 4.69) is 10.2 Å². The summed E-state index contributed by atoms with van der Waals surface area (Å²) in [5, 5.41) is 13.2. The van der Waals surface area contributed by atoms with Gasteiger partial charge in [-0.3, -0.25) is 9.69 Å². The van der Waals surface area contributed by atoms with Gasteiger partial charge in [-0.25, -0.2) is 0 Å². The van der Waals surface area contributed by atoms with Gasteiger partial charge in [-0.15, -0.1) is 0 Å². The SMILES string of the molecule is O=C(NCC1(N2CCCC2)CCCC1)[C@@H](O)Cc1ccccc1. The summed E-state index contributed by atoms with van der Waals surface area (Å²) in [5.41, 5.74) is 1.13. The lowest BCUT2D eigenvalue weighted by atomic mass is 9.95. The average molecular weight is 316 g/mol. The number of aliphatic hydroxyl groups is 1. The molecule has 1 aromatic rings. The first-order valence-electron chi connectivity index (χ1n) is 8.94. The van der Waals surface area contributed by atoms with E-state index in [0.29, 0.717) is 13.0 Å². The molecule has 1 atom stereocenters. The van der Waals surface area contributed by atoms with Crippen molar-refractivity contribution in [1.29, 1.82) is 0 Å². The standard InChI is InChI=1S/C19H28N2O2/c22-17(14-16-8-2-1-3-9-16)18(23)20-15-19(10-4-5-11-19)21-12-6-7-13-21/h1-3,8-9,17,22H,4-7,10-15H2,(H,20,23)/t17-/m0/s1. The molecular weight excluding hydrogens is 288 g/mol. The molecule has 0 radical (unpaired) electrons. The molecule has 1 aliphatic heterocycles. The van der Waals surface area contributed by atoms with E-state index in [9.17, 15) is 9.90 Å². The molecular formula is C19H28N2O2. The van der Waals surface area contributed by atoms with Crippen LogP contribution in [0.2, 0.25) is 0 Å². The lowest BCUT2D eigenvalue weighted by Gasteiger charge is -2.39. The number of nitrogens with zero attached hydrogens (tertiary/aromatic N) is 1. The van der Waals surface area contributed by atoms with Gasteiger partial charge in [0.05, 0.1) is 0 Å². The zero-order valence-electron chi connectivity index (χ0n) is 13.8. The summed E-state index contributed by atoms with van der Waals surface area (Å²) < 4.78 is 0. The minimum Gasteiger partial charge on any atom is -0.383 e. The molecule has 126 valence electrons. The molecule has 1 aromatic carbocycles. The van der Waals surface area contributed by atoms with Gasteiger partial charge in [-0.2, -0.15) is 0 Å². The number of benzene rings is 1. The van der Waals surface area contributed by atoms with Crippen LogP contribution in [0.5, 0.6) is 0 Å². The number of carbonyl (C=O) groups excluding carboxylic acids is 1. The predicted molar refractivity (Wildman–Crippen MR) is 91.2 cm³/mol. The topological polar surface area (TPSA) is 52.6 Å². The van der Waals surface area contributed by atoms with Crippen LogP contribution in [0.1, 0.15) is 44.1 Å². The second kappa shape index (κ2) is 7.45. The Hall–Kier alpha value is -1.39. The molecule has 2 aliphatic rings. The van der Waals surface area contributed by atoms with Gasteiger partial charge >= 0.3 is 0 Å². The summed E-state index contributed by atoms with van der Waals surface area (Å²) in [7, 11) is 0. The molecule has 1 saturated heterocycles. The van der Waals surface area contributed by atoms with E-state index in [0.717, 1.165) is 18.7 Å². The summed E-state index contributed by atoms with van der Waals surface area (Å²) in [6, 6.07) is 9.69. The second-order valence-corrected chi connectivity index (χ2v) is 7.05. The molecule has 4 nitrogen and oxygen atoms in total. The highest BCUT2D eigenvalue weighted by atomic mass is 16.3. The van der Waals surface area contributed by atoms with Gasteiger partial charge in [0, 0.05) is 18.5 Å². The highest BCUT2D eigenvalue weighted by Gasteiger charge is 2.40. The summed E-state index contributed by atoms with van der Waals surface area (Å²) in [5.74, 6) is -0.237. The maximum absolute atomic E-state index is 12.3. The van der Waals surface area contributed by atoms with Gasteiger partial charge in [0.25, 0.3) is 0 Å². The predicted octanol–water partition coefficient (Wildman–Crippen LogP) is 2.11. The molecule has 1 heterocycles. The molecule has 0 aromatic heterocycles. The monoisotopic (exact) mass is 316 g/mol. The number of hydrogen-bond donors (Lipinski definition) is 2. The van der Waals surface area contributed by atoms with Crippen molar-refractivity contribution in [3.8, 4) is 0 Å². The third-order valence-corrected chi connectivity index (χ3v) is 5.48. The van der Waals surface area contributed by atoms with Gasteiger partial charge in [0.15, 0.2) is 0 Å². The molecule has 1 saturated carbocycles. The molecule has 3 rings (SSSR count). The first kappa shape index (κ1) is 16.5. The van der Waals surface area contributed by atoms with E-state index >= 15 is 0 Å². The quantitative estimate of drug-likeness (QED) is 0.845. The smallest absolute Gasteiger partial charge is 0.249 e. The Morgan fingerprint density at radius 3 is 2.43 bits per heavy atom. The molecule has 23 heavy (non-hydrogen) atoms. The van der Waals surface area contributed by atoms with Gasteiger partial charge in [0.2, 0.25) is 5.91 Å². The van der Waals surface area contributed by atoms with Crippen molar-refractivity contribution in [2.45, 2.75) is 56.6 Å². The van der Waals surface area contributed by atoms with Crippen LogP contribution in [0.15, 0.2) is 30.3 Å². The van der Waals surface area contributed by atoms with Crippen LogP contribution < -0.4 is 5.32 Å². The van der Waals surface area contributed by atoms with Crippen LogP contribution >= 0.6 is 0 Å². The molecule has 1 aliphatic carbocycles. The van der Waals surface area contributed by atoms with Crippen molar-refractivity contribution in [3.05, 3.63) is 35.9 Å². The normalized spacial score (nSPS) is 22.1. The number of carbonyl (C=O) groups is 1. The van der Waals surface area contributed by atoms with Crippen LogP contribution in [0.25, 0.3) is 0 Å². The first-order valence-corrected chi connectivity index (χ1v) is 8.94. The van der Waals surface area contributed by atoms with E-state index in [-0.39, 0.29) is 11.4 Å². The third-order valence-electron chi connectivity index (χ3n) is 5.48. The Bertz CT molecular complexity index is 505. The summed E-state index contributed by atoms with van der Waals surface area (Å²) >= 11 is 0. The first-order chi connectivity index (χ1) is 11.2. The second-order valence-electron chi connectivity index (χ2n) is 7.05. The fraction of sp³-hybridized carbons (Fsp3) is 0.632. The van der Waals surface area contributed by atoms with Crippen molar-refractivity contribution in [1.82, 2.24) is 10.2 Å². The Morgan fingerprint density at radius 1 is 1.13 bits per heavy atom. The van der Waals surface area contributed by atoms with Crippen molar-refractivity contribution >= 4 is 5.91 Å². The van der Waals surface area contributed by atoms with Gasteiger partial charge in [0.1, 0.15) is 6.10 Å². The maximum atomic E-state index is 12.3. The van der Waals surface area contributed by atoms with E-state index < -0.39 is 6.10 Å². The number of aliphatic hydroxyl groups excluding tert-OH is 1. The zero-order chi connectivity index (χ0) is 16.1. The zero-order valence-corrected chi connectivity index (χ0v) is 13.8. The highest BCUT2D eigenvalue weighted by molar-refractivity contribution is 5.80. The van der Waals surface area contributed by atoms with Crippen molar-refractivity contribution in [3.63, 3.8) is 0 Å². The van der Waals surface area contributed by atoms with Gasteiger partial charge < -0.3 is 10.4 Å². The van der Waals surface area contributed by atoms with Crippen LogP contribution in [-0.2, 0) is 11.2 Å². The lowest BCUT2D eigenvalue weighted by molar-refractivity contribution is -0.129. The maximum Gasteiger partial charge on any atom is 0.249 e. The van der Waals surface area contributed by atoms with Crippen molar-refractivity contribution < 1.29 is 9.90 Å². The fourth-order valence-corrected chi connectivity index (χ4v) is 4.13. The van der Waals surface area contributed by atoms with E-state index in [1.807, 2.05) is 30.3 Å². The van der Waals surface area contributed by atoms with Crippen LogP contribution in [0.3, 0.4) is 0 Å². The van der Waals surface area contributed by atoms with E-state index in [4.69, 9.17) is 0 Å². The fourth-order valence-electron chi connectivity index (χ4n) is 4.13. The Kier molecular flexibility index (Phi) is 5.34. The lowest BCUT2D eigenvalue weighted by Crippen LogP contribution is -2.54. The Labute approximate surface area is 138 Å². The molecule has 0 spiro atoms. The van der Waals surface area contributed by atoms with Crippen LogP contribution in [-0.4, -0.2) is 47.2 Å². The number of nitrogens with one attached hydrogen (secondary N) is 1. The number of amides is 1. The molecule has 2 N–H and O–H groups in total. The Morgan fingerprint density at radius 2 is 1.78 bits per heavy atom. The summed E-state index contributed by atoms with van der Waals surface area (Å²) in [6.45, 7) is 2.99. The minimum atomic E-state index is -0.963. The minimum absolute atomic E-state index is 0.138. The summed E-state index contributed by atoms with van der Waals surface area (Å²) in [4.78, 5) is 14.9. The molecule has 4 heteroatoms. The molecule has 0 bridgehead atoms. The largest absolute Gasteiger partial charge is 0.383 e. The van der Waals surface area contributed by atoms with Gasteiger partial charge in [-0.05, 0) is 44.3 Å². The molecule has 2 fully saturated rings. The van der Waals surface area contributed by atoms with Crippen molar-refractivity contribution in [2.75, 3.05) is 19.6 Å². The number of rotatable bonds is 6. The highest BCUT2D eigenvalue weighted by Crippen LogP contribution is 2.36. The van der Waals surface area contributed by atoms with Crippen LogP contribution in [0.4, 0.5) is 0 Å². The number of likely N-dealkylation sites (tertiary alicyclic amines) is 1. The van der Waals surface area contributed by atoms with Crippen molar-refractivity contribution in [2.24, 2.45) is 0 Å². The third kappa shape index (κ3) is 3.93. The molecule has 1 amide bonds.